The van der Waals surface area contributed by atoms with Crippen molar-refractivity contribution in [1.29, 1.82) is 0 Å². The maximum atomic E-state index is 12.4. The van der Waals surface area contributed by atoms with Crippen molar-refractivity contribution in [2.75, 3.05) is 27.4 Å². The molecule has 0 saturated carbocycles. The molecule has 2 aromatic carbocycles. The summed E-state index contributed by atoms with van der Waals surface area (Å²) >= 11 is 0. The largest absolute Gasteiger partial charge is 0.493 e. The van der Waals surface area contributed by atoms with Gasteiger partial charge in [-0.15, -0.1) is 0 Å². The van der Waals surface area contributed by atoms with Crippen LogP contribution in [0.5, 0.6) is 23.0 Å². The lowest BCUT2D eigenvalue weighted by atomic mass is 10.1. The fourth-order valence-corrected chi connectivity index (χ4v) is 2.92. The SMILES string of the molecule is COc1cc(CN(C)Cc2cccc3c2OCCO3)ccc1OC(F)F. The summed E-state index contributed by atoms with van der Waals surface area (Å²) in [5.41, 5.74) is 1.96. The van der Waals surface area contributed by atoms with E-state index in [4.69, 9.17) is 14.2 Å². The first-order chi connectivity index (χ1) is 12.6. The predicted molar refractivity (Wildman–Crippen MR) is 92.2 cm³/mol. The highest BCUT2D eigenvalue weighted by molar-refractivity contribution is 5.47. The van der Waals surface area contributed by atoms with Gasteiger partial charge in [0.1, 0.15) is 13.2 Å². The van der Waals surface area contributed by atoms with Gasteiger partial charge in [0.25, 0.3) is 0 Å². The minimum Gasteiger partial charge on any atom is -0.493 e. The van der Waals surface area contributed by atoms with E-state index < -0.39 is 6.61 Å². The number of benzene rings is 2. The van der Waals surface area contributed by atoms with Crippen LogP contribution in [0, 0.1) is 0 Å². The first kappa shape index (κ1) is 18.3. The van der Waals surface area contributed by atoms with Crippen LogP contribution in [0.3, 0.4) is 0 Å². The minimum absolute atomic E-state index is 0.0246. The second kappa shape index (κ2) is 8.23. The number of alkyl halides is 2. The van der Waals surface area contributed by atoms with Gasteiger partial charge in [-0.3, -0.25) is 4.90 Å². The average molecular weight is 365 g/mol. The molecule has 2 aromatic rings. The van der Waals surface area contributed by atoms with Crippen LogP contribution in [0.1, 0.15) is 11.1 Å². The topological polar surface area (TPSA) is 40.2 Å². The van der Waals surface area contributed by atoms with Gasteiger partial charge in [0.15, 0.2) is 23.0 Å². The molecule has 0 N–H and O–H groups in total. The second-order valence-corrected chi connectivity index (χ2v) is 5.98. The zero-order chi connectivity index (χ0) is 18.5. The molecule has 0 amide bonds. The summed E-state index contributed by atoms with van der Waals surface area (Å²) in [7, 11) is 3.40. The standard InChI is InChI=1S/C19H21F2NO4/c1-22(12-14-4-3-5-16-18(14)25-9-8-24-16)11-13-6-7-15(26-19(20)21)17(10-13)23-2/h3-7,10,19H,8-9,11-12H2,1-2H3. The number of para-hydroxylation sites is 1. The number of methoxy groups -OCH3 is 1. The van der Waals surface area contributed by atoms with Crippen LogP contribution in [-0.4, -0.2) is 38.9 Å². The van der Waals surface area contributed by atoms with Gasteiger partial charge >= 0.3 is 6.61 Å². The maximum Gasteiger partial charge on any atom is 0.387 e. The number of nitrogens with zero attached hydrogens (tertiary/aromatic N) is 1. The molecule has 7 heteroatoms. The van der Waals surface area contributed by atoms with Crippen LogP contribution in [0.4, 0.5) is 8.78 Å². The molecule has 140 valence electrons. The van der Waals surface area contributed by atoms with Crippen LogP contribution in [0.15, 0.2) is 36.4 Å². The normalized spacial score (nSPS) is 13.2. The first-order valence-electron chi connectivity index (χ1n) is 8.24. The zero-order valence-corrected chi connectivity index (χ0v) is 14.7. The molecule has 0 saturated heterocycles. The molecule has 0 aromatic heterocycles. The Hall–Kier alpha value is -2.54. The van der Waals surface area contributed by atoms with Gasteiger partial charge in [-0.2, -0.15) is 8.78 Å². The Morgan fingerprint density at radius 3 is 2.65 bits per heavy atom. The minimum atomic E-state index is -2.89. The summed E-state index contributed by atoms with van der Waals surface area (Å²) in [5.74, 6) is 1.85. The summed E-state index contributed by atoms with van der Waals surface area (Å²) in [4.78, 5) is 2.09. The zero-order valence-electron chi connectivity index (χ0n) is 14.7. The van der Waals surface area contributed by atoms with E-state index in [-0.39, 0.29) is 11.5 Å². The van der Waals surface area contributed by atoms with Gasteiger partial charge in [0, 0.05) is 18.7 Å². The monoisotopic (exact) mass is 365 g/mol. The molecule has 0 bridgehead atoms. The summed E-state index contributed by atoms with van der Waals surface area (Å²) in [6.45, 7) is -0.529. The average Bonchev–Trinajstić information content (AvgIpc) is 2.63. The third-order valence-electron chi connectivity index (χ3n) is 3.98. The molecule has 0 unspecified atom stereocenters. The van der Waals surface area contributed by atoms with Gasteiger partial charge in [-0.05, 0) is 30.8 Å². The van der Waals surface area contributed by atoms with Gasteiger partial charge in [-0.1, -0.05) is 18.2 Å². The summed E-state index contributed by atoms with van der Waals surface area (Å²) in [6.07, 6.45) is 0. The summed E-state index contributed by atoms with van der Waals surface area (Å²) in [6, 6.07) is 10.8. The lowest BCUT2D eigenvalue weighted by Gasteiger charge is -2.24. The highest BCUT2D eigenvalue weighted by Gasteiger charge is 2.17. The van der Waals surface area contributed by atoms with E-state index in [2.05, 4.69) is 9.64 Å². The number of fused-ring (bicyclic) bond motifs is 1. The molecule has 0 atom stereocenters. The van der Waals surface area contributed by atoms with Crippen LogP contribution < -0.4 is 18.9 Å². The molecule has 26 heavy (non-hydrogen) atoms. The Kier molecular flexibility index (Phi) is 5.78. The fraction of sp³-hybridized carbons (Fsp3) is 0.368. The Labute approximate surface area is 151 Å². The lowest BCUT2D eigenvalue weighted by Crippen LogP contribution is -2.21. The van der Waals surface area contributed by atoms with Gasteiger partial charge in [-0.25, -0.2) is 0 Å². The Bertz CT molecular complexity index is 754. The van der Waals surface area contributed by atoms with E-state index in [0.717, 1.165) is 22.6 Å². The molecule has 0 aliphatic carbocycles. The number of ether oxygens (including phenoxy) is 4. The van der Waals surface area contributed by atoms with E-state index in [0.29, 0.717) is 26.3 Å². The van der Waals surface area contributed by atoms with Crippen molar-refractivity contribution in [1.82, 2.24) is 4.90 Å². The van der Waals surface area contributed by atoms with Crippen LogP contribution in [-0.2, 0) is 13.1 Å². The Balaban J connectivity index is 1.69. The number of hydrogen-bond acceptors (Lipinski definition) is 5. The van der Waals surface area contributed by atoms with Crippen molar-refractivity contribution in [3.05, 3.63) is 47.5 Å². The van der Waals surface area contributed by atoms with Gasteiger partial charge in [0.2, 0.25) is 0 Å². The third-order valence-corrected chi connectivity index (χ3v) is 3.98. The lowest BCUT2D eigenvalue weighted by molar-refractivity contribution is -0.0512. The van der Waals surface area contributed by atoms with E-state index in [1.165, 1.54) is 13.2 Å². The molecule has 1 aliphatic heterocycles. The Morgan fingerprint density at radius 2 is 1.88 bits per heavy atom. The van der Waals surface area contributed by atoms with E-state index >= 15 is 0 Å². The second-order valence-electron chi connectivity index (χ2n) is 5.98. The van der Waals surface area contributed by atoms with Gasteiger partial charge < -0.3 is 18.9 Å². The first-order valence-corrected chi connectivity index (χ1v) is 8.24. The van der Waals surface area contributed by atoms with E-state index in [9.17, 15) is 8.78 Å². The van der Waals surface area contributed by atoms with E-state index in [1.54, 1.807) is 12.1 Å². The number of hydrogen-bond donors (Lipinski definition) is 0. The smallest absolute Gasteiger partial charge is 0.387 e. The summed E-state index contributed by atoms with van der Waals surface area (Å²) in [5, 5.41) is 0. The number of halogens is 2. The van der Waals surface area contributed by atoms with Crippen molar-refractivity contribution in [3.8, 4) is 23.0 Å². The highest BCUT2D eigenvalue weighted by atomic mass is 19.3. The van der Waals surface area contributed by atoms with Crippen molar-refractivity contribution in [2.45, 2.75) is 19.7 Å². The third kappa shape index (κ3) is 4.35. The molecule has 3 rings (SSSR count). The van der Waals surface area contributed by atoms with Crippen LogP contribution in [0.2, 0.25) is 0 Å². The summed E-state index contributed by atoms with van der Waals surface area (Å²) < 4.78 is 45.8. The molecule has 1 aliphatic rings. The predicted octanol–water partition coefficient (Wildman–Crippen LogP) is 3.70. The van der Waals surface area contributed by atoms with Crippen molar-refractivity contribution in [2.24, 2.45) is 0 Å². The molecule has 5 nitrogen and oxygen atoms in total. The Morgan fingerprint density at radius 1 is 1.08 bits per heavy atom. The molecular weight excluding hydrogens is 344 g/mol. The fourth-order valence-electron chi connectivity index (χ4n) is 2.92. The molecular formula is C19H21F2NO4. The molecule has 1 heterocycles. The highest BCUT2D eigenvalue weighted by Crippen LogP contribution is 2.34. The molecule has 0 fully saturated rings. The molecule has 0 spiro atoms. The number of rotatable bonds is 7. The van der Waals surface area contributed by atoms with Crippen LogP contribution in [0.25, 0.3) is 0 Å². The van der Waals surface area contributed by atoms with Crippen LogP contribution >= 0.6 is 0 Å². The van der Waals surface area contributed by atoms with Crippen molar-refractivity contribution < 1.29 is 27.7 Å². The molecule has 0 radical (unpaired) electrons. The maximum absolute atomic E-state index is 12.4. The quantitative estimate of drug-likeness (QED) is 0.748. The van der Waals surface area contributed by atoms with Gasteiger partial charge in [0.05, 0.1) is 7.11 Å². The van der Waals surface area contributed by atoms with Crippen molar-refractivity contribution >= 4 is 0 Å². The van der Waals surface area contributed by atoms with E-state index in [1.807, 2.05) is 25.2 Å². The van der Waals surface area contributed by atoms with Crippen molar-refractivity contribution in [3.63, 3.8) is 0 Å².